The van der Waals surface area contributed by atoms with Crippen molar-refractivity contribution in [3.63, 3.8) is 0 Å². The molecular weight excluding hydrogens is 385 g/mol. The van der Waals surface area contributed by atoms with E-state index in [9.17, 15) is 14.0 Å². The van der Waals surface area contributed by atoms with Gasteiger partial charge in [-0.15, -0.1) is 22.7 Å². The SMILES string of the molecule is Cc1ccsc1CN(C)C(=O)Cc1csc(NC(=O)c2ccccc2F)n1. The zero-order valence-electron chi connectivity index (χ0n) is 14.9. The molecule has 1 N–H and O–H groups in total. The van der Waals surface area contributed by atoms with Gasteiger partial charge in [-0.05, 0) is 36.1 Å². The molecule has 0 aliphatic rings. The minimum atomic E-state index is -0.590. The summed E-state index contributed by atoms with van der Waals surface area (Å²) in [5.41, 5.74) is 1.70. The maximum absolute atomic E-state index is 13.7. The first-order valence-electron chi connectivity index (χ1n) is 8.21. The van der Waals surface area contributed by atoms with E-state index in [2.05, 4.69) is 10.3 Å². The summed E-state index contributed by atoms with van der Waals surface area (Å²) >= 11 is 2.83. The number of aryl methyl sites for hydroxylation is 1. The smallest absolute Gasteiger partial charge is 0.260 e. The number of likely N-dealkylation sites (N-methyl/N-ethyl adjacent to an activating group) is 1. The van der Waals surface area contributed by atoms with Crippen LogP contribution in [0.25, 0.3) is 0 Å². The standard InChI is InChI=1S/C19H18FN3O2S2/c1-12-7-8-26-16(12)10-23(2)17(24)9-13-11-27-19(21-13)22-18(25)14-5-3-4-6-15(14)20/h3-8,11H,9-10H2,1-2H3,(H,21,22,25). The van der Waals surface area contributed by atoms with Gasteiger partial charge in [-0.3, -0.25) is 14.9 Å². The Balaban J connectivity index is 1.59. The highest BCUT2D eigenvalue weighted by atomic mass is 32.1. The molecule has 8 heteroatoms. The van der Waals surface area contributed by atoms with Gasteiger partial charge in [0, 0.05) is 17.3 Å². The third-order valence-electron chi connectivity index (χ3n) is 4.00. The van der Waals surface area contributed by atoms with Gasteiger partial charge in [0.05, 0.1) is 24.2 Å². The number of benzene rings is 1. The van der Waals surface area contributed by atoms with Crippen LogP contribution >= 0.6 is 22.7 Å². The number of hydrogen-bond acceptors (Lipinski definition) is 5. The Morgan fingerprint density at radius 3 is 2.70 bits per heavy atom. The molecule has 2 amide bonds. The monoisotopic (exact) mass is 403 g/mol. The number of thiophene rings is 1. The van der Waals surface area contributed by atoms with Crippen LogP contribution in [-0.2, 0) is 17.8 Å². The van der Waals surface area contributed by atoms with Crippen LogP contribution in [0.15, 0.2) is 41.1 Å². The number of aromatic nitrogens is 1. The van der Waals surface area contributed by atoms with E-state index in [1.807, 2.05) is 18.4 Å². The van der Waals surface area contributed by atoms with Gasteiger partial charge in [-0.25, -0.2) is 9.37 Å². The predicted molar refractivity (Wildman–Crippen MR) is 106 cm³/mol. The topological polar surface area (TPSA) is 62.3 Å². The molecule has 1 aromatic carbocycles. The lowest BCUT2D eigenvalue weighted by atomic mass is 10.2. The first-order chi connectivity index (χ1) is 12.9. The molecule has 0 unspecified atom stereocenters. The van der Waals surface area contributed by atoms with E-state index < -0.39 is 11.7 Å². The van der Waals surface area contributed by atoms with Gasteiger partial charge in [-0.2, -0.15) is 0 Å². The van der Waals surface area contributed by atoms with Crippen molar-refractivity contribution < 1.29 is 14.0 Å². The van der Waals surface area contributed by atoms with Crippen LogP contribution in [0.2, 0.25) is 0 Å². The maximum Gasteiger partial charge on any atom is 0.260 e. The first kappa shape index (κ1) is 19.2. The molecule has 0 bridgehead atoms. The Labute approximate surface area is 164 Å². The molecule has 0 fully saturated rings. The average Bonchev–Trinajstić information content (AvgIpc) is 3.24. The number of rotatable bonds is 6. The van der Waals surface area contributed by atoms with Crippen LogP contribution in [0.1, 0.15) is 26.5 Å². The van der Waals surface area contributed by atoms with Gasteiger partial charge in [0.2, 0.25) is 5.91 Å². The molecule has 0 aliphatic heterocycles. The Morgan fingerprint density at radius 1 is 1.22 bits per heavy atom. The number of carbonyl (C=O) groups excluding carboxylic acids is 2. The van der Waals surface area contributed by atoms with E-state index in [0.29, 0.717) is 17.4 Å². The third-order valence-corrected chi connectivity index (χ3v) is 5.81. The van der Waals surface area contributed by atoms with Crippen LogP contribution in [0, 0.1) is 12.7 Å². The summed E-state index contributed by atoms with van der Waals surface area (Å²) < 4.78 is 13.7. The van der Waals surface area contributed by atoms with Gasteiger partial charge in [0.1, 0.15) is 5.82 Å². The predicted octanol–water partition coefficient (Wildman–Crippen LogP) is 4.11. The number of halogens is 1. The summed E-state index contributed by atoms with van der Waals surface area (Å²) in [6.45, 7) is 2.58. The van der Waals surface area contributed by atoms with Crippen LogP contribution in [0.4, 0.5) is 9.52 Å². The lowest BCUT2D eigenvalue weighted by Crippen LogP contribution is -2.27. The van der Waals surface area contributed by atoms with Crippen molar-refractivity contribution in [2.75, 3.05) is 12.4 Å². The highest BCUT2D eigenvalue weighted by molar-refractivity contribution is 7.14. The number of amides is 2. The molecule has 3 aromatic rings. The largest absolute Gasteiger partial charge is 0.340 e. The average molecular weight is 404 g/mol. The summed E-state index contributed by atoms with van der Waals surface area (Å²) in [5.74, 6) is -1.21. The molecule has 140 valence electrons. The minimum Gasteiger partial charge on any atom is -0.340 e. The maximum atomic E-state index is 13.7. The zero-order chi connectivity index (χ0) is 19.4. The van der Waals surface area contributed by atoms with Crippen LogP contribution in [-0.4, -0.2) is 28.7 Å². The summed E-state index contributed by atoms with van der Waals surface area (Å²) in [7, 11) is 1.76. The van der Waals surface area contributed by atoms with E-state index in [-0.39, 0.29) is 17.9 Å². The van der Waals surface area contributed by atoms with Gasteiger partial charge < -0.3 is 4.90 Å². The van der Waals surface area contributed by atoms with E-state index >= 15 is 0 Å². The molecule has 5 nitrogen and oxygen atoms in total. The third kappa shape index (κ3) is 4.78. The number of anilines is 1. The van der Waals surface area contributed by atoms with Crippen molar-refractivity contribution in [3.8, 4) is 0 Å². The summed E-state index contributed by atoms with van der Waals surface area (Å²) in [6.07, 6.45) is 0.146. The highest BCUT2D eigenvalue weighted by Gasteiger charge is 2.16. The summed E-state index contributed by atoms with van der Waals surface area (Å²) in [6, 6.07) is 7.78. The molecule has 3 rings (SSSR count). The van der Waals surface area contributed by atoms with Gasteiger partial charge in [0.25, 0.3) is 5.91 Å². The Bertz CT molecular complexity index is 967. The lowest BCUT2D eigenvalue weighted by molar-refractivity contribution is -0.129. The second kappa shape index (κ2) is 8.41. The molecule has 2 aromatic heterocycles. The molecule has 27 heavy (non-hydrogen) atoms. The van der Waals surface area contributed by atoms with Crippen molar-refractivity contribution in [3.05, 3.63) is 68.6 Å². The van der Waals surface area contributed by atoms with Gasteiger partial charge >= 0.3 is 0 Å². The fraction of sp³-hybridized carbons (Fsp3) is 0.211. The van der Waals surface area contributed by atoms with E-state index in [0.717, 1.165) is 4.88 Å². The lowest BCUT2D eigenvalue weighted by Gasteiger charge is -2.16. The van der Waals surface area contributed by atoms with Crippen LogP contribution in [0.3, 0.4) is 0 Å². The second-order valence-electron chi connectivity index (χ2n) is 6.03. The number of nitrogens with one attached hydrogen (secondary N) is 1. The molecule has 0 aliphatic carbocycles. The normalized spacial score (nSPS) is 10.6. The molecule has 0 atom stereocenters. The molecule has 0 saturated carbocycles. The molecule has 0 spiro atoms. The molecule has 0 saturated heterocycles. The summed E-state index contributed by atoms with van der Waals surface area (Å²) in [5, 5.41) is 6.64. The highest BCUT2D eigenvalue weighted by Crippen LogP contribution is 2.20. The molecule has 0 radical (unpaired) electrons. The Kier molecular flexibility index (Phi) is 5.98. The number of hydrogen-bond donors (Lipinski definition) is 1. The summed E-state index contributed by atoms with van der Waals surface area (Å²) in [4.78, 5) is 31.6. The van der Waals surface area contributed by atoms with E-state index in [1.165, 1.54) is 35.1 Å². The minimum absolute atomic E-state index is 0.0450. The van der Waals surface area contributed by atoms with Gasteiger partial charge in [0.15, 0.2) is 5.13 Å². The first-order valence-corrected chi connectivity index (χ1v) is 9.97. The fourth-order valence-electron chi connectivity index (χ4n) is 2.41. The zero-order valence-corrected chi connectivity index (χ0v) is 16.5. The van der Waals surface area contributed by atoms with Crippen molar-refractivity contribution >= 4 is 39.6 Å². The Morgan fingerprint density at radius 2 is 2.00 bits per heavy atom. The second-order valence-corrected chi connectivity index (χ2v) is 7.89. The van der Waals surface area contributed by atoms with Crippen molar-refractivity contribution in [1.29, 1.82) is 0 Å². The number of nitrogens with zero attached hydrogens (tertiary/aromatic N) is 2. The quantitative estimate of drug-likeness (QED) is 0.674. The number of thiazole rings is 1. The molecular formula is C19H18FN3O2S2. The van der Waals surface area contributed by atoms with Gasteiger partial charge in [-0.1, -0.05) is 12.1 Å². The van der Waals surface area contributed by atoms with E-state index in [4.69, 9.17) is 0 Å². The fourth-order valence-corrected chi connectivity index (χ4v) is 4.08. The van der Waals surface area contributed by atoms with Crippen LogP contribution in [0.5, 0.6) is 0 Å². The van der Waals surface area contributed by atoms with Crippen molar-refractivity contribution in [2.24, 2.45) is 0 Å². The van der Waals surface area contributed by atoms with Crippen molar-refractivity contribution in [1.82, 2.24) is 9.88 Å². The van der Waals surface area contributed by atoms with Crippen molar-refractivity contribution in [2.45, 2.75) is 19.9 Å². The molecule has 2 heterocycles. The Hall–Kier alpha value is -2.58. The van der Waals surface area contributed by atoms with E-state index in [1.54, 1.807) is 34.7 Å². The van der Waals surface area contributed by atoms with Crippen LogP contribution < -0.4 is 5.32 Å². The number of carbonyl (C=O) groups is 2.